The largest absolute Gasteiger partial charge is 0.396 e. The summed E-state index contributed by atoms with van der Waals surface area (Å²) in [6.07, 6.45) is -0.472. The molecule has 17 heavy (non-hydrogen) atoms. The van der Waals surface area contributed by atoms with Crippen LogP contribution in [0.3, 0.4) is 0 Å². The van der Waals surface area contributed by atoms with Crippen molar-refractivity contribution < 1.29 is 13.2 Å². The van der Waals surface area contributed by atoms with Crippen molar-refractivity contribution >= 4 is 11.4 Å². The van der Waals surface area contributed by atoms with Crippen LogP contribution in [0.4, 0.5) is 24.5 Å². The Morgan fingerprint density at radius 3 is 2.41 bits per heavy atom. The molecule has 1 aliphatic heterocycles. The first-order chi connectivity index (χ1) is 7.89. The third-order valence-corrected chi connectivity index (χ3v) is 3.06. The lowest BCUT2D eigenvalue weighted by molar-refractivity contribution is -0.0221. The first kappa shape index (κ1) is 12.1. The van der Waals surface area contributed by atoms with Crippen LogP contribution in [0.15, 0.2) is 12.1 Å². The zero-order valence-electron chi connectivity index (χ0n) is 9.64. The van der Waals surface area contributed by atoms with Crippen LogP contribution in [-0.4, -0.2) is 19.0 Å². The molecule has 0 bridgehead atoms. The van der Waals surface area contributed by atoms with Gasteiger partial charge in [0.25, 0.3) is 5.92 Å². The van der Waals surface area contributed by atoms with Crippen molar-refractivity contribution in [3.63, 3.8) is 0 Å². The highest BCUT2D eigenvalue weighted by molar-refractivity contribution is 5.60. The first-order valence-corrected chi connectivity index (χ1v) is 5.57. The number of benzene rings is 1. The van der Waals surface area contributed by atoms with Gasteiger partial charge in [-0.05, 0) is 24.6 Å². The number of piperidine rings is 1. The zero-order chi connectivity index (χ0) is 12.6. The van der Waals surface area contributed by atoms with Gasteiger partial charge in [0.2, 0.25) is 0 Å². The van der Waals surface area contributed by atoms with E-state index in [1.54, 1.807) is 17.9 Å². The average molecular weight is 244 g/mol. The Kier molecular flexibility index (Phi) is 2.93. The molecule has 2 N–H and O–H groups in total. The number of hydrogen-bond donors (Lipinski definition) is 1. The lowest BCUT2D eigenvalue weighted by Crippen LogP contribution is -2.39. The van der Waals surface area contributed by atoms with E-state index in [-0.39, 0.29) is 31.6 Å². The third kappa shape index (κ3) is 2.48. The molecule has 0 saturated carbocycles. The molecule has 0 amide bonds. The summed E-state index contributed by atoms with van der Waals surface area (Å²) < 4.78 is 39.8. The standard InChI is InChI=1S/C12H15F3N2/c1-8-6-9(16)11(13)10(7-8)17-4-2-12(14,15)3-5-17/h6-7H,2-5,16H2,1H3. The minimum atomic E-state index is -2.62. The van der Waals surface area contributed by atoms with Gasteiger partial charge in [-0.3, -0.25) is 0 Å². The highest BCUT2D eigenvalue weighted by Crippen LogP contribution is 2.33. The van der Waals surface area contributed by atoms with Crippen LogP contribution < -0.4 is 10.6 Å². The number of hydrogen-bond acceptors (Lipinski definition) is 2. The number of halogens is 3. The van der Waals surface area contributed by atoms with Crippen LogP contribution in [0.25, 0.3) is 0 Å². The van der Waals surface area contributed by atoms with Gasteiger partial charge in [0.05, 0.1) is 11.4 Å². The van der Waals surface area contributed by atoms with Crippen molar-refractivity contribution in [2.75, 3.05) is 23.7 Å². The van der Waals surface area contributed by atoms with E-state index < -0.39 is 11.7 Å². The van der Waals surface area contributed by atoms with Crippen molar-refractivity contribution in [1.29, 1.82) is 0 Å². The Labute approximate surface area is 98.2 Å². The Bertz CT molecular complexity index is 422. The Morgan fingerprint density at radius 2 is 1.82 bits per heavy atom. The molecule has 1 aromatic carbocycles. The van der Waals surface area contributed by atoms with E-state index >= 15 is 0 Å². The van der Waals surface area contributed by atoms with E-state index in [9.17, 15) is 13.2 Å². The van der Waals surface area contributed by atoms with E-state index in [0.717, 1.165) is 5.56 Å². The summed E-state index contributed by atoms with van der Waals surface area (Å²) in [6.45, 7) is 2.12. The predicted molar refractivity (Wildman–Crippen MR) is 61.9 cm³/mol. The van der Waals surface area contributed by atoms with Crippen molar-refractivity contribution in [2.45, 2.75) is 25.7 Å². The second kappa shape index (κ2) is 4.13. The van der Waals surface area contributed by atoms with E-state index in [4.69, 9.17) is 5.73 Å². The lowest BCUT2D eigenvalue weighted by atomic mass is 10.0. The Morgan fingerprint density at radius 1 is 1.24 bits per heavy atom. The molecular formula is C12H15F3N2. The summed E-state index contributed by atoms with van der Waals surface area (Å²) in [5, 5.41) is 0. The van der Waals surface area contributed by atoms with E-state index in [1.165, 1.54) is 6.07 Å². The number of rotatable bonds is 1. The molecule has 1 saturated heterocycles. The number of nitrogen functional groups attached to an aromatic ring is 1. The highest BCUT2D eigenvalue weighted by atomic mass is 19.3. The topological polar surface area (TPSA) is 29.3 Å². The van der Waals surface area contributed by atoms with Gasteiger partial charge in [0.15, 0.2) is 5.82 Å². The van der Waals surface area contributed by atoms with Crippen LogP contribution in [0.5, 0.6) is 0 Å². The lowest BCUT2D eigenvalue weighted by Gasteiger charge is -2.33. The second-order valence-corrected chi connectivity index (χ2v) is 4.53. The predicted octanol–water partition coefficient (Wildman–Crippen LogP) is 2.95. The van der Waals surface area contributed by atoms with Gasteiger partial charge in [-0.2, -0.15) is 0 Å². The second-order valence-electron chi connectivity index (χ2n) is 4.53. The summed E-state index contributed by atoms with van der Waals surface area (Å²) in [7, 11) is 0. The maximum Gasteiger partial charge on any atom is 0.251 e. The molecule has 0 spiro atoms. The highest BCUT2D eigenvalue weighted by Gasteiger charge is 2.34. The molecule has 0 aromatic heterocycles. The molecule has 0 atom stereocenters. The van der Waals surface area contributed by atoms with Crippen LogP contribution in [-0.2, 0) is 0 Å². The van der Waals surface area contributed by atoms with Crippen LogP contribution in [0.2, 0.25) is 0 Å². The quantitative estimate of drug-likeness (QED) is 0.769. The van der Waals surface area contributed by atoms with Gasteiger partial charge < -0.3 is 10.6 Å². The van der Waals surface area contributed by atoms with E-state index in [1.807, 2.05) is 0 Å². The maximum absolute atomic E-state index is 13.8. The monoisotopic (exact) mass is 244 g/mol. The molecular weight excluding hydrogens is 229 g/mol. The minimum absolute atomic E-state index is 0.0670. The number of alkyl halides is 2. The molecule has 1 aliphatic rings. The normalized spacial score (nSPS) is 19.4. The number of anilines is 2. The molecule has 1 heterocycles. The molecule has 5 heteroatoms. The molecule has 0 unspecified atom stereocenters. The fourth-order valence-electron chi connectivity index (χ4n) is 2.08. The van der Waals surface area contributed by atoms with Crippen LogP contribution in [0, 0.1) is 12.7 Å². The Hall–Kier alpha value is -1.39. The SMILES string of the molecule is Cc1cc(N)c(F)c(N2CCC(F)(F)CC2)c1. The number of nitrogens with two attached hydrogens (primary N) is 1. The molecule has 2 nitrogen and oxygen atoms in total. The summed E-state index contributed by atoms with van der Waals surface area (Å²) in [5.74, 6) is -3.14. The minimum Gasteiger partial charge on any atom is -0.396 e. The summed E-state index contributed by atoms with van der Waals surface area (Å²) >= 11 is 0. The molecule has 0 aliphatic carbocycles. The molecule has 2 rings (SSSR count). The van der Waals surface area contributed by atoms with Gasteiger partial charge in [-0.1, -0.05) is 0 Å². The van der Waals surface area contributed by atoms with Crippen molar-refractivity contribution in [1.82, 2.24) is 0 Å². The average Bonchev–Trinajstić information content (AvgIpc) is 2.24. The van der Waals surface area contributed by atoms with Crippen molar-refractivity contribution in [2.24, 2.45) is 0 Å². The van der Waals surface area contributed by atoms with Gasteiger partial charge in [-0.25, -0.2) is 13.2 Å². The van der Waals surface area contributed by atoms with Crippen LogP contribution >= 0.6 is 0 Å². The molecule has 94 valence electrons. The fraction of sp³-hybridized carbons (Fsp3) is 0.500. The van der Waals surface area contributed by atoms with Gasteiger partial charge in [0.1, 0.15) is 0 Å². The van der Waals surface area contributed by atoms with Gasteiger partial charge in [0, 0.05) is 25.9 Å². The summed E-state index contributed by atoms with van der Waals surface area (Å²) in [6, 6.07) is 3.19. The third-order valence-electron chi connectivity index (χ3n) is 3.06. The Balaban J connectivity index is 2.24. The maximum atomic E-state index is 13.8. The van der Waals surface area contributed by atoms with E-state index in [0.29, 0.717) is 5.69 Å². The first-order valence-electron chi connectivity index (χ1n) is 5.57. The molecule has 1 aromatic rings. The van der Waals surface area contributed by atoms with Gasteiger partial charge >= 0.3 is 0 Å². The summed E-state index contributed by atoms with van der Waals surface area (Å²) in [4.78, 5) is 1.64. The number of aryl methyl sites for hydroxylation is 1. The van der Waals surface area contributed by atoms with Crippen molar-refractivity contribution in [3.05, 3.63) is 23.5 Å². The summed E-state index contributed by atoms with van der Waals surface area (Å²) in [5.41, 5.74) is 6.76. The zero-order valence-corrected chi connectivity index (χ0v) is 9.64. The fourth-order valence-corrected chi connectivity index (χ4v) is 2.08. The van der Waals surface area contributed by atoms with Crippen LogP contribution in [0.1, 0.15) is 18.4 Å². The van der Waals surface area contributed by atoms with Crippen molar-refractivity contribution in [3.8, 4) is 0 Å². The van der Waals surface area contributed by atoms with E-state index in [2.05, 4.69) is 0 Å². The molecule has 0 radical (unpaired) electrons. The smallest absolute Gasteiger partial charge is 0.251 e. The van der Waals surface area contributed by atoms with Gasteiger partial charge in [-0.15, -0.1) is 0 Å². The number of nitrogens with zero attached hydrogens (tertiary/aromatic N) is 1. The molecule has 1 fully saturated rings.